The Morgan fingerprint density at radius 2 is 2.04 bits per heavy atom. The molecule has 0 spiro atoms. The van der Waals surface area contributed by atoms with Gasteiger partial charge in [0.05, 0.1) is 43.7 Å². The van der Waals surface area contributed by atoms with Gasteiger partial charge in [0.15, 0.2) is 0 Å². The summed E-state index contributed by atoms with van der Waals surface area (Å²) in [6, 6.07) is 3.79. The Morgan fingerprint density at radius 1 is 1.30 bits per heavy atom. The van der Waals surface area contributed by atoms with Crippen LogP contribution in [0.25, 0.3) is 11.7 Å². The molecule has 2 saturated heterocycles. The van der Waals surface area contributed by atoms with E-state index in [1.807, 2.05) is 19.1 Å². The van der Waals surface area contributed by atoms with E-state index in [0.717, 1.165) is 31.7 Å². The second kappa shape index (κ2) is 7.06. The van der Waals surface area contributed by atoms with Crippen LogP contribution in [0.1, 0.15) is 11.1 Å². The average molecular weight is 403 g/mol. The molecule has 0 saturated carbocycles. The molecule has 2 aliphatic rings. The fourth-order valence-electron chi connectivity index (χ4n) is 3.27. The van der Waals surface area contributed by atoms with Crippen LogP contribution in [0.5, 0.6) is 0 Å². The first kappa shape index (κ1) is 18.1. The van der Waals surface area contributed by atoms with Gasteiger partial charge in [0.1, 0.15) is 15.8 Å². The van der Waals surface area contributed by atoms with Crippen molar-refractivity contribution in [2.75, 3.05) is 38.1 Å². The minimum Gasteiger partial charge on any atom is -0.345 e. The molecule has 2 aliphatic heterocycles. The number of carbonyl (C=O) groups excluding carboxylic acids is 1. The molecule has 0 unspecified atom stereocenters. The number of aromatic nitrogens is 2. The number of quaternary nitrogens is 1. The highest BCUT2D eigenvalue weighted by atomic mass is 32.2. The molecule has 0 radical (unpaired) electrons. The zero-order valence-corrected chi connectivity index (χ0v) is 16.7. The van der Waals surface area contributed by atoms with Gasteiger partial charge < -0.3 is 15.1 Å². The Kier molecular flexibility index (Phi) is 4.75. The summed E-state index contributed by atoms with van der Waals surface area (Å²) in [5.41, 5.74) is 1.83. The number of aryl methyl sites for hydroxylation is 1. The molecule has 9 heteroatoms. The lowest BCUT2D eigenvalue weighted by Crippen LogP contribution is -3.12. The van der Waals surface area contributed by atoms with E-state index in [2.05, 4.69) is 17.3 Å². The number of piperazine rings is 1. The highest BCUT2D eigenvalue weighted by molar-refractivity contribution is 8.26. The molecule has 0 aliphatic carbocycles. The van der Waals surface area contributed by atoms with Crippen LogP contribution < -0.4 is 20.7 Å². The van der Waals surface area contributed by atoms with Gasteiger partial charge in [-0.1, -0.05) is 30.0 Å². The van der Waals surface area contributed by atoms with Crippen LogP contribution in [0.3, 0.4) is 0 Å². The molecule has 4 rings (SSSR count). The summed E-state index contributed by atoms with van der Waals surface area (Å²) in [5.74, 6) is 0.364. The van der Waals surface area contributed by atoms with Crippen LogP contribution in [0.15, 0.2) is 28.0 Å². The van der Waals surface area contributed by atoms with E-state index in [0.29, 0.717) is 26.3 Å². The average Bonchev–Trinajstić information content (AvgIpc) is 2.95. The Labute approximate surface area is 166 Å². The van der Waals surface area contributed by atoms with Crippen LogP contribution in [-0.4, -0.2) is 52.8 Å². The van der Waals surface area contributed by atoms with Crippen LogP contribution in [0, 0.1) is 6.92 Å². The Bertz CT molecular complexity index is 1040. The van der Waals surface area contributed by atoms with Crippen molar-refractivity contribution < 1.29 is 9.69 Å². The Balaban J connectivity index is 1.90. The molecule has 0 atom stereocenters. The van der Waals surface area contributed by atoms with Crippen LogP contribution in [-0.2, 0) is 4.79 Å². The summed E-state index contributed by atoms with van der Waals surface area (Å²) in [4.78, 5) is 34.2. The van der Waals surface area contributed by atoms with E-state index < -0.39 is 0 Å². The number of anilines is 1. The molecule has 0 bridgehead atoms. The Morgan fingerprint density at radius 3 is 2.70 bits per heavy atom. The monoisotopic (exact) mass is 402 g/mol. The van der Waals surface area contributed by atoms with Crippen LogP contribution >= 0.6 is 24.0 Å². The quantitative estimate of drug-likeness (QED) is 0.537. The summed E-state index contributed by atoms with van der Waals surface area (Å²) in [5, 5.41) is 2.60. The first-order chi connectivity index (χ1) is 12.9. The van der Waals surface area contributed by atoms with Crippen molar-refractivity contribution in [3.05, 3.63) is 44.7 Å². The van der Waals surface area contributed by atoms with E-state index in [4.69, 9.17) is 17.2 Å². The first-order valence-corrected chi connectivity index (χ1v) is 9.99. The van der Waals surface area contributed by atoms with Gasteiger partial charge in [0.25, 0.3) is 11.5 Å². The van der Waals surface area contributed by atoms with Crippen molar-refractivity contribution in [3.8, 4) is 0 Å². The zero-order chi connectivity index (χ0) is 19.1. The van der Waals surface area contributed by atoms with Crippen molar-refractivity contribution >= 4 is 51.7 Å². The molecule has 2 aromatic heterocycles. The number of likely N-dealkylation sites (N-methyl/N-ethyl adjacent to an activating group) is 1. The predicted octanol–water partition coefficient (Wildman–Crippen LogP) is -0.174. The number of amides is 1. The van der Waals surface area contributed by atoms with Crippen molar-refractivity contribution in [3.63, 3.8) is 0 Å². The van der Waals surface area contributed by atoms with E-state index in [9.17, 15) is 9.59 Å². The maximum absolute atomic E-state index is 13.3. The molecular weight excluding hydrogens is 382 g/mol. The number of carbonyl (C=O) groups is 1. The minimum atomic E-state index is -0.271. The van der Waals surface area contributed by atoms with Gasteiger partial charge in [-0.25, -0.2) is 4.98 Å². The normalized spacial score (nSPS) is 19.9. The molecule has 0 aromatic carbocycles. The highest BCUT2D eigenvalue weighted by Gasteiger charge is 2.26. The third-order valence-corrected chi connectivity index (χ3v) is 5.98. The lowest BCUT2D eigenvalue weighted by Gasteiger charge is -2.31. The lowest BCUT2D eigenvalue weighted by atomic mass is 10.2. The molecule has 4 heterocycles. The van der Waals surface area contributed by atoms with Gasteiger partial charge in [-0.3, -0.25) is 14.0 Å². The number of nitrogens with one attached hydrogen (secondary N) is 2. The van der Waals surface area contributed by atoms with Crippen LogP contribution in [0.2, 0.25) is 0 Å². The maximum Gasteiger partial charge on any atom is 0.267 e. The van der Waals surface area contributed by atoms with Gasteiger partial charge >= 0.3 is 0 Å². The fraction of sp³-hybridized carbons (Fsp3) is 0.333. The molecular formula is C18H20N5O2S2+. The van der Waals surface area contributed by atoms with E-state index in [1.165, 1.54) is 16.7 Å². The smallest absolute Gasteiger partial charge is 0.267 e. The topological polar surface area (TPSA) is 71.2 Å². The van der Waals surface area contributed by atoms with Gasteiger partial charge in [-0.05, 0) is 24.6 Å². The number of fused-ring (bicyclic) bond motifs is 1. The second-order valence-electron chi connectivity index (χ2n) is 6.89. The third-order valence-electron chi connectivity index (χ3n) is 4.82. The van der Waals surface area contributed by atoms with Crippen LogP contribution in [0.4, 0.5) is 5.82 Å². The highest BCUT2D eigenvalue weighted by Crippen LogP contribution is 2.28. The summed E-state index contributed by atoms with van der Waals surface area (Å²) in [6.07, 6.45) is 3.40. The summed E-state index contributed by atoms with van der Waals surface area (Å²) in [7, 11) is 2.16. The molecule has 1 amide bonds. The number of hydrogen-bond acceptors (Lipinski definition) is 6. The van der Waals surface area contributed by atoms with E-state index >= 15 is 0 Å². The third kappa shape index (κ3) is 3.50. The van der Waals surface area contributed by atoms with Gasteiger partial charge in [0, 0.05) is 6.20 Å². The molecule has 140 valence electrons. The molecule has 7 nitrogen and oxygen atoms in total. The summed E-state index contributed by atoms with van der Waals surface area (Å²) < 4.78 is 1.95. The molecule has 2 N–H and O–H groups in total. The Hall–Kier alpha value is -2.23. The maximum atomic E-state index is 13.3. The number of pyridine rings is 1. The number of thiocarbonyl (C=S) groups is 1. The molecule has 27 heavy (non-hydrogen) atoms. The van der Waals surface area contributed by atoms with Crippen molar-refractivity contribution in [1.29, 1.82) is 0 Å². The predicted molar refractivity (Wildman–Crippen MR) is 111 cm³/mol. The summed E-state index contributed by atoms with van der Waals surface area (Å²) in [6.45, 7) is 5.51. The SMILES string of the molecule is Cc1ccc2nc(N3CC[NH+](C)CC3)c(/C=C3\SC(=S)NC3=O)c(=O)n2c1. The van der Waals surface area contributed by atoms with Crippen molar-refractivity contribution in [1.82, 2.24) is 14.7 Å². The van der Waals surface area contributed by atoms with Gasteiger partial charge in [0.2, 0.25) is 0 Å². The van der Waals surface area contributed by atoms with Gasteiger partial charge in [-0.2, -0.15) is 0 Å². The number of hydrogen-bond donors (Lipinski definition) is 2. The first-order valence-electron chi connectivity index (χ1n) is 8.76. The van der Waals surface area contributed by atoms with Gasteiger partial charge in [-0.15, -0.1) is 0 Å². The number of nitrogens with zero attached hydrogens (tertiary/aromatic N) is 3. The molecule has 2 aromatic rings. The van der Waals surface area contributed by atoms with E-state index in [1.54, 1.807) is 16.7 Å². The van der Waals surface area contributed by atoms with Crippen molar-refractivity contribution in [2.45, 2.75) is 6.92 Å². The van der Waals surface area contributed by atoms with E-state index in [-0.39, 0.29) is 11.5 Å². The number of thioether (sulfide) groups is 1. The summed E-state index contributed by atoms with van der Waals surface area (Å²) >= 11 is 6.24. The largest absolute Gasteiger partial charge is 0.345 e. The zero-order valence-electron chi connectivity index (χ0n) is 15.1. The second-order valence-corrected chi connectivity index (χ2v) is 8.60. The fourth-order valence-corrected chi connectivity index (χ4v) is 4.29. The minimum absolute atomic E-state index is 0.177. The lowest BCUT2D eigenvalue weighted by molar-refractivity contribution is -0.880. The molecule has 2 fully saturated rings. The standard InChI is InChI=1S/C18H19N5O2S2/c1-11-3-4-14-19-15(22-7-5-21(2)6-8-22)12(17(25)23(14)10-11)9-13-16(24)20-18(26)27-13/h3-4,9-10H,5-8H2,1-2H3,(H,20,24,26)/p+1/b13-9-. The number of rotatable bonds is 2. The van der Waals surface area contributed by atoms with Crippen molar-refractivity contribution in [2.24, 2.45) is 0 Å².